The SMILES string of the molecule is CCO/N=C(\C)[C@H]1CC[C@@H](N)C1. The molecule has 2 atom stereocenters. The summed E-state index contributed by atoms with van der Waals surface area (Å²) in [5, 5.41) is 4.02. The van der Waals surface area contributed by atoms with E-state index in [9.17, 15) is 0 Å². The molecule has 0 aliphatic heterocycles. The van der Waals surface area contributed by atoms with Crippen LogP contribution in [0.15, 0.2) is 5.16 Å². The zero-order chi connectivity index (χ0) is 8.97. The first-order valence-corrected chi connectivity index (χ1v) is 4.66. The third kappa shape index (κ3) is 2.48. The third-order valence-corrected chi connectivity index (χ3v) is 2.40. The number of nitrogens with two attached hydrogens (primary N) is 1. The zero-order valence-electron chi connectivity index (χ0n) is 7.92. The van der Waals surface area contributed by atoms with Crippen LogP contribution in [0.5, 0.6) is 0 Å². The van der Waals surface area contributed by atoms with E-state index in [0.29, 0.717) is 18.6 Å². The van der Waals surface area contributed by atoms with Crippen molar-refractivity contribution in [1.82, 2.24) is 0 Å². The molecule has 1 rings (SSSR count). The predicted molar refractivity (Wildman–Crippen MR) is 50.1 cm³/mol. The van der Waals surface area contributed by atoms with E-state index in [4.69, 9.17) is 10.6 Å². The molecule has 2 N–H and O–H groups in total. The summed E-state index contributed by atoms with van der Waals surface area (Å²) in [6, 6.07) is 0.377. The van der Waals surface area contributed by atoms with Gasteiger partial charge < -0.3 is 10.6 Å². The first-order valence-electron chi connectivity index (χ1n) is 4.66. The Hall–Kier alpha value is -0.570. The lowest BCUT2D eigenvalue weighted by Crippen LogP contribution is -2.16. The van der Waals surface area contributed by atoms with E-state index < -0.39 is 0 Å². The van der Waals surface area contributed by atoms with Gasteiger partial charge in [0.25, 0.3) is 0 Å². The van der Waals surface area contributed by atoms with Crippen LogP contribution >= 0.6 is 0 Å². The van der Waals surface area contributed by atoms with Gasteiger partial charge >= 0.3 is 0 Å². The minimum Gasteiger partial charge on any atom is -0.396 e. The normalized spacial score (nSPS) is 30.8. The summed E-state index contributed by atoms with van der Waals surface area (Å²) in [5.74, 6) is 0.562. The van der Waals surface area contributed by atoms with E-state index in [1.54, 1.807) is 0 Å². The molecule has 0 aromatic heterocycles. The summed E-state index contributed by atoms with van der Waals surface area (Å²) in [7, 11) is 0. The lowest BCUT2D eigenvalue weighted by atomic mass is 10.0. The van der Waals surface area contributed by atoms with Crippen molar-refractivity contribution in [3.8, 4) is 0 Å². The van der Waals surface area contributed by atoms with Crippen molar-refractivity contribution >= 4 is 5.71 Å². The fourth-order valence-electron chi connectivity index (χ4n) is 1.64. The number of hydrogen-bond donors (Lipinski definition) is 1. The maximum atomic E-state index is 5.80. The summed E-state index contributed by atoms with van der Waals surface area (Å²) in [6.07, 6.45) is 3.37. The highest BCUT2D eigenvalue weighted by Gasteiger charge is 2.24. The van der Waals surface area contributed by atoms with Gasteiger partial charge in [-0.05, 0) is 33.1 Å². The van der Waals surface area contributed by atoms with Crippen LogP contribution in [0.1, 0.15) is 33.1 Å². The highest BCUT2D eigenvalue weighted by molar-refractivity contribution is 5.84. The van der Waals surface area contributed by atoms with E-state index >= 15 is 0 Å². The van der Waals surface area contributed by atoms with Gasteiger partial charge in [0.15, 0.2) is 0 Å². The largest absolute Gasteiger partial charge is 0.396 e. The lowest BCUT2D eigenvalue weighted by molar-refractivity contribution is 0.157. The summed E-state index contributed by atoms with van der Waals surface area (Å²) in [6.45, 7) is 4.62. The molecule has 0 saturated heterocycles. The van der Waals surface area contributed by atoms with Crippen molar-refractivity contribution < 1.29 is 4.84 Å². The first kappa shape index (κ1) is 9.52. The molecular formula is C9H18N2O. The molecule has 3 heteroatoms. The number of nitrogens with zero attached hydrogens (tertiary/aromatic N) is 1. The second-order valence-electron chi connectivity index (χ2n) is 3.42. The summed E-state index contributed by atoms with van der Waals surface area (Å²) < 4.78 is 0. The van der Waals surface area contributed by atoms with Crippen molar-refractivity contribution in [2.75, 3.05) is 6.61 Å². The molecule has 0 spiro atoms. The second-order valence-corrected chi connectivity index (χ2v) is 3.42. The summed E-state index contributed by atoms with van der Waals surface area (Å²) in [4.78, 5) is 4.99. The maximum absolute atomic E-state index is 5.80. The average molecular weight is 170 g/mol. The molecule has 0 bridgehead atoms. The Morgan fingerprint density at radius 2 is 2.33 bits per heavy atom. The van der Waals surface area contributed by atoms with Crippen LogP contribution in [-0.2, 0) is 4.84 Å². The van der Waals surface area contributed by atoms with Crippen molar-refractivity contribution in [3.05, 3.63) is 0 Å². The number of hydrogen-bond acceptors (Lipinski definition) is 3. The second kappa shape index (κ2) is 4.45. The summed E-state index contributed by atoms with van der Waals surface area (Å²) in [5.41, 5.74) is 6.90. The van der Waals surface area contributed by atoms with Gasteiger partial charge in [-0.3, -0.25) is 0 Å². The Kier molecular flexibility index (Phi) is 3.53. The van der Waals surface area contributed by atoms with E-state index in [1.165, 1.54) is 6.42 Å². The van der Waals surface area contributed by atoms with Crippen LogP contribution in [0.3, 0.4) is 0 Å². The van der Waals surface area contributed by atoms with Gasteiger partial charge in [0.05, 0.1) is 5.71 Å². The van der Waals surface area contributed by atoms with Crippen LogP contribution in [0.4, 0.5) is 0 Å². The molecule has 1 saturated carbocycles. The monoisotopic (exact) mass is 170 g/mol. The van der Waals surface area contributed by atoms with E-state index in [2.05, 4.69) is 5.16 Å². The fourth-order valence-corrected chi connectivity index (χ4v) is 1.64. The van der Waals surface area contributed by atoms with E-state index in [1.807, 2.05) is 13.8 Å². The van der Waals surface area contributed by atoms with Crippen LogP contribution in [0, 0.1) is 5.92 Å². The molecule has 0 radical (unpaired) electrons. The Labute approximate surface area is 74.0 Å². The van der Waals surface area contributed by atoms with Crippen molar-refractivity contribution in [3.63, 3.8) is 0 Å². The Balaban J connectivity index is 2.37. The Bertz CT molecular complexity index is 168. The molecule has 0 unspecified atom stereocenters. The van der Waals surface area contributed by atoms with Gasteiger partial charge in [0.1, 0.15) is 6.61 Å². The molecule has 0 aromatic carbocycles. The van der Waals surface area contributed by atoms with E-state index in [-0.39, 0.29) is 0 Å². The van der Waals surface area contributed by atoms with Gasteiger partial charge in [0.2, 0.25) is 0 Å². The van der Waals surface area contributed by atoms with E-state index in [0.717, 1.165) is 18.6 Å². The minimum atomic E-state index is 0.377. The first-order chi connectivity index (χ1) is 5.74. The fraction of sp³-hybridized carbons (Fsp3) is 0.889. The zero-order valence-corrected chi connectivity index (χ0v) is 7.92. The number of oxime groups is 1. The molecule has 1 aliphatic carbocycles. The van der Waals surface area contributed by atoms with Crippen LogP contribution in [-0.4, -0.2) is 18.4 Å². The molecule has 0 aromatic rings. The number of rotatable bonds is 3. The van der Waals surface area contributed by atoms with Crippen LogP contribution in [0.25, 0.3) is 0 Å². The highest BCUT2D eigenvalue weighted by Crippen LogP contribution is 2.25. The molecule has 1 aliphatic rings. The molecule has 1 fully saturated rings. The molecule has 0 amide bonds. The molecule has 3 nitrogen and oxygen atoms in total. The quantitative estimate of drug-likeness (QED) is 0.515. The van der Waals surface area contributed by atoms with Crippen molar-refractivity contribution in [2.45, 2.75) is 39.2 Å². The maximum Gasteiger partial charge on any atom is 0.114 e. The van der Waals surface area contributed by atoms with Gasteiger partial charge in [-0.2, -0.15) is 0 Å². The molecule has 0 heterocycles. The molecule has 12 heavy (non-hydrogen) atoms. The van der Waals surface area contributed by atoms with Crippen LogP contribution in [0.2, 0.25) is 0 Å². The predicted octanol–water partition coefficient (Wildman–Crippen LogP) is 1.53. The minimum absolute atomic E-state index is 0.377. The van der Waals surface area contributed by atoms with Crippen molar-refractivity contribution in [2.24, 2.45) is 16.8 Å². The van der Waals surface area contributed by atoms with Gasteiger partial charge in [0, 0.05) is 12.0 Å². The lowest BCUT2D eigenvalue weighted by Gasteiger charge is -2.07. The highest BCUT2D eigenvalue weighted by atomic mass is 16.6. The van der Waals surface area contributed by atoms with Crippen molar-refractivity contribution in [1.29, 1.82) is 0 Å². The average Bonchev–Trinajstić information content (AvgIpc) is 2.47. The third-order valence-electron chi connectivity index (χ3n) is 2.40. The van der Waals surface area contributed by atoms with Gasteiger partial charge in [-0.1, -0.05) is 5.16 Å². The van der Waals surface area contributed by atoms with Gasteiger partial charge in [-0.15, -0.1) is 0 Å². The van der Waals surface area contributed by atoms with Gasteiger partial charge in [-0.25, -0.2) is 0 Å². The smallest absolute Gasteiger partial charge is 0.114 e. The van der Waals surface area contributed by atoms with Crippen LogP contribution < -0.4 is 5.73 Å². The molecular weight excluding hydrogens is 152 g/mol. The summed E-state index contributed by atoms with van der Waals surface area (Å²) >= 11 is 0. The molecule has 70 valence electrons. The standard InChI is InChI=1S/C9H18N2O/c1-3-12-11-7(2)8-4-5-9(10)6-8/h8-9H,3-6,10H2,1-2H3/b11-7+/t8-,9+/m0/s1. The Morgan fingerprint density at radius 1 is 1.58 bits per heavy atom. The topological polar surface area (TPSA) is 47.6 Å². The Morgan fingerprint density at radius 3 is 2.83 bits per heavy atom.